The van der Waals surface area contributed by atoms with Gasteiger partial charge in [0, 0.05) is 5.75 Å². The molecule has 0 aliphatic carbocycles. The molecule has 1 aliphatic heterocycles. The molecule has 0 saturated heterocycles. The molecule has 9 heteroatoms. The largest absolute Gasteiger partial charge is 0.494 e. The number of methoxy groups -OCH3 is 1. The van der Waals surface area contributed by atoms with E-state index in [-0.39, 0.29) is 18.1 Å². The quantitative estimate of drug-likeness (QED) is 0.310. The summed E-state index contributed by atoms with van der Waals surface area (Å²) in [5.74, 6) is 1.60. The van der Waals surface area contributed by atoms with Gasteiger partial charge in [0.15, 0.2) is 28.2 Å². The van der Waals surface area contributed by atoms with Gasteiger partial charge in [-0.2, -0.15) is 0 Å². The van der Waals surface area contributed by atoms with E-state index in [1.165, 1.54) is 36.3 Å². The van der Waals surface area contributed by atoms with Crippen LogP contribution in [-0.4, -0.2) is 23.5 Å². The van der Waals surface area contributed by atoms with Crippen molar-refractivity contribution < 1.29 is 18.6 Å². The fraction of sp³-hybridized carbons (Fsp3) is 0.182. The van der Waals surface area contributed by atoms with Gasteiger partial charge >= 0.3 is 0 Å². The zero-order valence-electron chi connectivity index (χ0n) is 16.5. The molecule has 0 radical (unpaired) electrons. The maximum Gasteiger partial charge on any atom is 0.272 e. The third kappa shape index (κ3) is 3.86. The SMILES string of the molecule is COc1ccc(CSc2nc3ccsc3c(=O)n2Cc2ccc3c(c2)OCO3)cc1F. The Balaban J connectivity index is 1.48. The number of thiophene rings is 1. The molecule has 0 unspecified atom stereocenters. The Morgan fingerprint density at radius 1 is 1.16 bits per heavy atom. The van der Waals surface area contributed by atoms with Crippen LogP contribution in [-0.2, 0) is 12.3 Å². The number of hydrogen-bond acceptors (Lipinski definition) is 7. The van der Waals surface area contributed by atoms with Gasteiger partial charge in [-0.05, 0) is 46.8 Å². The summed E-state index contributed by atoms with van der Waals surface area (Å²) in [5, 5.41) is 2.43. The Bertz CT molecular complexity index is 1340. The van der Waals surface area contributed by atoms with Crippen molar-refractivity contribution in [2.75, 3.05) is 13.9 Å². The standard InChI is InChI=1S/C22H17FN2O4S2/c1-27-17-4-3-14(8-15(17)23)11-31-22-24-16-6-7-30-20(16)21(26)25(22)10-13-2-5-18-19(9-13)29-12-28-18/h2-9H,10-12H2,1H3. The van der Waals surface area contributed by atoms with Gasteiger partial charge in [-0.3, -0.25) is 9.36 Å². The normalized spacial score (nSPS) is 12.5. The topological polar surface area (TPSA) is 62.6 Å². The van der Waals surface area contributed by atoms with E-state index in [1.54, 1.807) is 16.7 Å². The maximum atomic E-state index is 14.1. The second kappa shape index (κ2) is 8.24. The summed E-state index contributed by atoms with van der Waals surface area (Å²) in [6, 6.07) is 12.3. The van der Waals surface area contributed by atoms with Crippen LogP contribution in [0.2, 0.25) is 0 Å². The summed E-state index contributed by atoms with van der Waals surface area (Å²) in [5.41, 5.74) is 2.25. The van der Waals surface area contributed by atoms with Gasteiger partial charge in [0.1, 0.15) is 4.70 Å². The predicted molar refractivity (Wildman–Crippen MR) is 118 cm³/mol. The minimum atomic E-state index is -0.417. The summed E-state index contributed by atoms with van der Waals surface area (Å²) in [4.78, 5) is 17.9. The third-order valence-electron chi connectivity index (χ3n) is 4.89. The number of nitrogens with zero attached hydrogens (tertiary/aromatic N) is 2. The minimum absolute atomic E-state index is 0.0962. The smallest absolute Gasteiger partial charge is 0.272 e. The molecule has 0 N–H and O–H groups in total. The molecule has 31 heavy (non-hydrogen) atoms. The summed E-state index contributed by atoms with van der Waals surface area (Å²) in [7, 11) is 1.43. The van der Waals surface area contributed by atoms with Crippen molar-refractivity contribution in [3.63, 3.8) is 0 Å². The highest BCUT2D eigenvalue weighted by Crippen LogP contribution is 2.33. The molecule has 6 nitrogen and oxygen atoms in total. The van der Waals surface area contributed by atoms with Crippen LogP contribution in [0, 0.1) is 5.82 Å². The number of aromatic nitrogens is 2. The van der Waals surface area contributed by atoms with Gasteiger partial charge in [-0.25, -0.2) is 9.37 Å². The third-order valence-corrected chi connectivity index (χ3v) is 6.83. The maximum absolute atomic E-state index is 14.1. The van der Waals surface area contributed by atoms with Gasteiger partial charge < -0.3 is 14.2 Å². The molecular weight excluding hydrogens is 439 g/mol. The number of rotatable bonds is 6. The Morgan fingerprint density at radius 3 is 2.84 bits per heavy atom. The average Bonchev–Trinajstić information content (AvgIpc) is 3.43. The zero-order valence-corrected chi connectivity index (χ0v) is 18.1. The number of benzene rings is 2. The van der Waals surface area contributed by atoms with Crippen LogP contribution in [0.5, 0.6) is 17.2 Å². The summed E-state index contributed by atoms with van der Waals surface area (Å²) < 4.78 is 32.1. The lowest BCUT2D eigenvalue weighted by molar-refractivity contribution is 0.174. The molecular formula is C22H17FN2O4S2. The summed E-state index contributed by atoms with van der Waals surface area (Å²) in [6.07, 6.45) is 0. The van der Waals surface area contributed by atoms with Crippen molar-refractivity contribution in [3.8, 4) is 17.2 Å². The molecule has 0 saturated carbocycles. The van der Waals surface area contributed by atoms with Crippen LogP contribution >= 0.6 is 23.1 Å². The first kappa shape index (κ1) is 19.9. The average molecular weight is 457 g/mol. The first-order chi connectivity index (χ1) is 15.1. The van der Waals surface area contributed by atoms with Crippen LogP contribution < -0.4 is 19.8 Å². The van der Waals surface area contributed by atoms with E-state index in [9.17, 15) is 9.18 Å². The highest BCUT2D eigenvalue weighted by molar-refractivity contribution is 7.98. The number of thioether (sulfide) groups is 1. The molecule has 4 aromatic rings. The summed E-state index contributed by atoms with van der Waals surface area (Å²) >= 11 is 2.77. The fourth-order valence-corrected chi connectivity index (χ4v) is 5.06. The number of ether oxygens (including phenoxy) is 3. The van der Waals surface area contributed by atoms with E-state index in [1.807, 2.05) is 29.6 Å². The van der Waals surface area contributed by atoms with Gasteiger partial charge in [0.2, 0.25) is 6.79 Å². The lowest BCUT2D eigenvalue weighted by Gasteiger charge is -2.13. The molecule has 0 fully saturated rings. The van der Waals surface area contributed by atoms with E-state index < -0.39 is 5.82 Å². The molecule has 2 aromatic heterocycles. The van der Waals surface area contributed by atoms with Crippen molar-refractivity contribution >= 4 is 33.3 Å². The van der Waals surface area contributed by atoms with E-state index >= 15 is 0 Å². The molecule has 0 amide bonds. The summed E-state index contributed by atoms with van der Waals surface area (Å²) in [6.45, 7) is 0.538. The second-order valence-electron chi connectivity index (χ2n) is 6.87. The van der Waals surface area contributed by atoms with Crippen LogP contribution in [0.15, 0.2) is 57.8 Å². The first-order valence-corrected chi connectivity index (χ1v) is 11.3. The highest BCUT2D eigenvalue weighted by atomic mass is 32.2. The lowest BCUT2D eigenvalue weighted by Crippen LogP contribution is -2.23. The van der Waals surface area contributed by atoms with E-state index in [0.717, 1.165) is 11.1 Å². The molecule has 158 valence electrons. The molecule has 0 bridgehead atoms. The Morgan fingerprint density at radius 2 is 2.00 bits per heavy atom. The number of fused-ring (bicyclic) bond motifs is 2. The molecule has 5 rings (SSSR count). The predicted octanol–water partition coefficient (Wildman–Crippen LogP) is 4.68. The Hall–Kier alpha value is -3.04. The van der Waals surface area contributed by atoms with Crippen molar-refractivity contribution in [1.29, 1.82) is 0 Å². The number of hydrogen-bond donors (Lipinski definition) is 0. The Kier molecular flexibility index (Phi) is 5.29. The van der Waals surface area contributed by atoms with Crippen LogP contribution in [0.1, 0.15) is 11.1 Å². The Labute approximate surface area is 185 Å². The van der Waals surface area contributed by atoms with Crippen LogP contribution in [0.25, 0.3) is 10.2 Å². The minimum Gasteiger partial charge on any atom is -0.494 e. The van der Waals surface area contributed by atoms with E-state index in [4.69, 9.17) is 19.2 Å². The van der Waals surface area contributed by atoms with Crippen molar-refractivity contribution in [3.05, 3.63) is 75.1 Å². The lowest BCUT2D eigenvalue weighted by atomic mass is 10.2. The number of halogens is 1. The van der Waals surface area contributed by atoms with Crippen molar-refractivity contribution in [2.45, 2.75) is 17.5 Å². The molecule has 3 heterocycles. The van der Waals surface area contributed by atoms with Crippen LogP contribution in [0.3, 0.4) is 0 Å². The second-order valence-corrected chi connectivity index (χ2v) is 8.72. The molecule has 0 atom stereocenters. The molecule has 0 spiro atoms. The fourth-order valence-electron chi connectivity index (χ4n) is 3.34. The first-order valence-electron chi connectivity index (χ1n) is 9.44. The monoisotopic (exact) mass is 456 g/mol. The van der Waals surface area contributed by atoms with Gasteiger partial charge in [0.05, 0.1) is 19.2 Å². The van der Waals surface area contributed by atoms with Gasteiger partial charge in [-0.1, -0.05) is 23.9 Å². The van der Waals surface area contributed by atoms with E-state index in [2.05, 4.69) is 0 Å². The molecule has 1 aliphatic rings. The van der Waals surface area contributed by atoms with Crippen molar-refractivity contribution in [1.82, 2.24) is 9.55 Å². The van der Waals surface area contributed by atoms with Gasteiger partial charge in [0.25, 0.3) is 5.56 Å². The van der Waals surface area contributed by atoms with E-state index in [0.29, 0.717) is 39.2 Å². The van der Waals surface area contributed by atoms with Crippen LogP contribution in [0.4, 0.5) is 4.39 Å². The van der Waals surface area contributed by atoms with Gasteiger partial charge in [-0.15, -0.1) is 11.3 Å². The highest BCUT2D eigenvalue weighted by Gasteiger charge is 2.17. The van der Waals surface area contributed by atoms with Crippen molar-refractivity contribution in [2.24, 2.45) is 0 Å². The zero-order chi connectivity index (χ0) is 21.4. The molecule has 2 aromatic carbocycles.